The molecule has 0 aliphatic heterocycles. The number of aliphatic hydroxyl groups excluding tert-OH is 1. The number of nitrogens with one attached hydrogen (secondary N) is 1. The molecule has 0 fully saturated rings. The Balaban J connectivity index is 2.77. The molecule has 0 aliphatic carbocycles. The van der Waals surface area contributed by atoms with Gasteiger partial charge in [0.15, 0.2) is 5.76 Å². The van der Waals surface area contributed by atoms with E-state index in [2.05, 4.69) is 5.32 Å². The molecule has 1 aromatic rings. The first-order valence-electron chi connectivity index (χ1n) is 6.12. The van der Waals surface area contributed by atoms with Gasteiger partial charge in [-0.1, -0.05) is 20.8 Å². The van der Waals surface area contributed by atoms with E-state index < -0.39 is 5.54 Å². The van der Waals surface area contributed by atoms with Gasteiger partial charge in [-0.15, -0.1) is 0 Å². The van der Waals surface area contributed by atoms with E-state index in [0.717, 1.165) is 12.2 Å². The lowest BCUT2D eigenvalue weighted by Gasteiger charge is -2.30. The van der Waals surface area contributed by atoms with Crippen molar-refractivity contribution in [2.45, 2.75) is 45.6 Å². The fourth-order valence-corrected chi connectivity index (χ4v) is 1.68. The average Bonchev–Trinajstić information content (AvgIpc) is 2.85. The third kappa shape index (κ3) is 3.09. The van der Waals surface area contributed by atoms with Gasteiger partial charge in [0.2, 0.25) is 0 Å². The van der Waals surface area contributed by atoms with Crippen molar-refractivity contribution in [1.29, 1.82) is 0 Å². The normalized spacial score (nSPS) is 11.5. The van der Waals surface area contributed by atoms with Gasteiger partial charge >= 0.3 is 0 Å². The fraction of sp³-hybridized carbons (Fsp3) is 0.615. The summed E-state index contributed by atoms with van der Waals surface area (Å²) >= 11 is 0. The second-order valence-corrected chi connectivity index (χ2v) is 4.22. The van der Waals surface area contributed by atoms with Crippen LogP contribution in [0.1, 0.15) is 49.9 Å². The van der Waals surface area contributed by atoms with Crippen LogP contribution in [-0.2, 0) is 6.42 Å². The monoisotopic (exact) mass is 239 g/mol. The summed E-state index contributed by atoms with van der Waals surface area (Å²) in [6, 6.07) is 3.47. The van der Waals surface area contributed by atoms with Gasteiger partial charge in [-0.25, -0.2) is 0 Å². The molecule has 1 rings (SSSR count). The maximum Gasteiger partial charge on any atom is 0.287 e. The van der Waals surface area contributed by atoms with E-state index in [1.165, 1.54) is 0 Å². The molecule has 0 atom stereocenters. The van der Waals surface area contributed by atoms with Gasteiger partial charge < -0.3 is 14.8 Å². The molecule has 0 aliphatic rings. The summed E-state index contributed by atoms with van der Waals surface area (Å²) < 4.78 is 5.38. The smallest absolute Gasteiger partial charge is 0.287 e. The zero-order valence-corrected chi connectivity index (χ0v) is 10.7. The molecule has 0 bridgehead atoms. The second kappa shape index (κ2) is 5.87. The Morgan fingerprint density at radius 2 is 2.00 bits per heavy atom. The number of furan rings is 1. The van der Waals surface area contributed by atoms with Crippen molar-refractivity contribution in [3.63, 3.8) is 0 Å². The number of hydrogen-bond acceptors (Lipinski definition) is 3. The van der Waals surface area contributed by atoms with Gasteiger partial charge in [0.25, 0.3) is 5.91 Å². The lowest BCUT2D eigenvalue weighted by atomic mass is 9.94. The van der Waals surface area contributed by atoms with Crippen LogP contribution in [0.3, 0.4) is 0 Å². The number of amides is 1. The standard InChI is InChI=1S/C13H21NO3/c1-4-10-7-8-11(17-10)12(16)14-13(5-2,6-3)9-15/h7-8,15H,4-6,9H2,1-3H3,(H,14,16). The predicted octanol–water partition coefficient (Wildman–Crippen LogP) is 2.12. The molecular formula is C13H21NO3. The molecular weight excluding hydrogens is 218 g/mol. The molecule has 17 heavy (non-hydrogen) atoms. The quantitative estimate of drug-likeness (QED) is 0.799. The van der Waals surface area contributed by atoms with Crippen LogP contribution in [0.5, 0.6) is 0 Å². The largest absolute Gasteiger partial charge is 0.456 e. The summed E-state index contributed by atoms with van der Waals surface area (Å²) in [6.07, 6.45) is 2.14. The Morgan fingerprint density at radius 3 is 2.41 bits per heavy atom. The summed E-state index contributed by atoms with van der Waals surface area (Å²) in [6.45, 7) is 5.79. The first-order chi connectivity index (χ1) is 8.10. The van der Waals surface area contributed by atoms with Crippen LogP contribution >= 0.6 is 0 Å². The van der Waals surface area contributed by atoms with Crippen LogP contribution in [0.4, 0.5) is 0 Å². The summed E-state index contributed by atoms with van der Waals surface area (Å²) in [7, 11) is 0. The predicted molar refractivity (Wildman–Crippen MR) is 66.0 cm³/mol. The highest BCUT2D eigenvalue weighted by Crippen LogP contribution is 2.16. The van der Waals surface area contributed by atoms with E-state index in [1.54, 1.807) is 12.1 Å². The van der Waals surface area contributed by atoms with Gasteiger partial charge in [-0.05, 0) is 25.0 Å². The Labute approximate surface area is 102 Å². The molecule has 1 amide bonds. The van der Waals surface area contributed by atoms with Gasteiger partial charge in [0.05, 0.1) is 12.1 Å². The van der Waals surface area contributed by atoms with Gasteiger partial charge in [-0.2, -0.15) is 0 Å². The summed E-state index contributed by atoms with van der Waals surface area (Å²) in [5, 5.41) is 12.2. The minimum atomic E-state index is -0.545. The number of aryl methyl sites for hydroxylation is 1. The highest BCUT2D eigenvalue weighted by Gasteiger charge is 2.28. The van der Waals surface area contributed by atoms with E-state index in [4.69, 9.17) is 4.42 Å². The van der Waals surface area contributed by atoms with E-state index in [1.807, 2.05) is 20.8 Å². The van der Waals surface area contributed by atoms with Crippen LogP contribution in [0, 0.1) is 0 Å². The Morgan fingerprint density at radius 1 is 1.35 bits per heavy atom. The molecule has 0 aromatic carbocycles. The summed E-state index contributed by atoms with van der Waals surface area (Å²) in [5.74, 6) is 0.835. The van der Waals surface area contributed by atoms with Crippen molar-refractivity contribution >= 4 is 5.91 Å². The maximum atomic E-state index is 12.0. The van der Waals surface area contributed by atoms with Crippen LogP contribution in [0.25, 0.3) is 0 Å². The van der Waals surface area contributed by atoms with Crippen molar-refractivity contribution < 1.29 is 14.3 Å². The lowest BCUT2D eigenvalue weighted by Crippen LogP contribution is -2.50. The molecule has 4 heteroatoms. The van der Waals surface area contributed by atoms with E-state index in [9.17, 15) is 9.90 Å². The van der Waals surface area contributed by atoms with E-state index >= 15 is 0 Å². The topological polar surface area (TPSA) is 62.5 Å². The maximum absolute atomic E-state index is 12.0. The second-order valence-electron chi connectivity index (χ2n) is 4.22. The molecule has 0 spiro atoms. The molecule has 0 saturated carbocycles. The fourth-order valence-electron chi connectivity index (χ4n) is 1.68. The van der Waals surface area contributed by atoms with Crippen molar-refractivity contribution in [2.24, 2.45) is 0 Å². The van der Waals surface area contributed by atoms with Gasteiger partial charge in [-0.3, -0.25) is 4.79 Å². The minimum Gasteiger partial charge on any atom is -0.456 e. The van der Waals surface area contributed by atoms with Gasteiger partial charge in [0.1, 0.15) is 5.76 Å². The number of aliphatic hydroxyl groups is 1. The molecule has 1 heterocycles. The van der Waals surface area contributed by atoms with Crippen molar-refractivity contribution in [3.8, 4) is 0 Å². The van der Waals surface area contributed by atoms with Crippen LogP contribution in [0.15, 0.2) is 16.5 Å². The SMILES string of the molecule is CCc1ccc(C(=O)NC(CC)(CC)CO)o1. The highest BCUT2D eigenvalue weighted by atomic mass is 16.3. The molecule has 0 radical (unpaired) electrons. The van der Waals surface area contributed by atoms with E-state index in [0.29, 0.717) is 18.6 Å². The molecule has 0 unspecified atom stereocenters. The number of hydrogen-bond donors (Lipinski definition) is 2. The first kappa shape index (κ1) is 13.8. The Kier molecular flexibility index (Phi) is 4.75. The Bertz CT molecular complexity index is 358. The summed E-state index contributed by atoms with van der Waals surface area (Å²) in [4.78, 5) is 12.0. The molecule has 96 valence electrons. The van der Waals surface area contributed by atoms with Crippen LogP contribution < -0.4 is 5.32 Å². The highest BCUT2D eigenvalue weighted by molar-refractivity contribution is 5.92. The summed E-state index contributed by atoms with van der Waals surface area (Å²) in [5.41, 5.74) is -0.545. The van der Waals surface area contributed by atoms with Gasteiger partial charge in [0, 0.05) is 6.42 Å². The third-order valence-electron chi connectivity index (χ3n) is 3.27. The van der Waals surface area contributed by atoms with Crippen molar-refractivity contribution in [3.05, 3.63) is 23.7 Å². The molecule has 2 N–H and O–H groups in total. The molecule has 0 saturated heterocycles. The first-order valence-corrected chi connectivity index (χ1v) is 6.12. The molecule has 1 aromatic heterocycles. The zero-order chi connectivity index (χ0) is 12.9. The average molecular weight is 239 g/mol. The zero-order valence-electron chi connectivity index (χ0n) is 10.7. The Hall–Kier alpha value is -1.29. The van der Waals surface area contributed by atoms with E-state index in [-0.39, 0.29) is 12.5 Å². The molecule has 4 nitrogen and oxygen atoms in total. The van der Waals surface area contributed by atoms with Crippen LogP contribution in [-0.4, -0.2) is 23.2 Å². The minimum absolute atomic E-state index is 0.0624. The van der Waals surface area contributed by atoms with Crippen molar-refractivity contribution in [2.75, 3.05) is 6.61 Å². The lowest BCUT2D eigenvalue weighted by molar-refractivity contribution is 0.0789. The van der Waals surface area contributed by atoms with Crippen molar-refractivity contribution in [1.82, 2.24) is 5.32 Å². The number of carbonyl (C=O) groups is 1. The number of carbonyl (C=O) groups excluding carboxylic acids is 1. The van der Waals surface area contributed by atoms with Crippen LogP contribution in [0.2, 0.25) is 0 Å². The third-order valence-corrected chi connectivity index (χ3v) is 3.27. The number of rotatable bonds is 6.